The number of thioether (sulfide) groups is 1. The van der Waals surface area contributed by atoms with Gasteiger partial charge >= 0.3 is 0 Å². The van der Waals surface area contributed by atoms with Gasteiger partial charge in [-0.2, -0.15) is 0 Å². The molecule has 0 bridgehead atoms. The van der Waals surface area contributed by atoms with Crippen LogP contribution < -0.4 is 20.1 Å². The second kappa shape index (κ2) is 9.94. The number of pyridine rings is 2. The van der Waals surface area contributed by atoms with Crippen LogP contribution in [-0.4, -0.2) is 54.1 Å². The predicted octanol–water partition coefficient (Wildman–Crippen LogP) is 3.40. The van der Waals surface area contributed by atoms with Crippen LogP contribution in [0.1, 0.15) is 18.5 Å². The monoisotopic (exact) mass is 466 g/mol. The van der Waals surface area contributed by atoms with Crippen molar-refractivity contribution in [1.29, 1.82) is 0 Å². The molecule has 33 heavy (non-hydrogen) atoms. The van der Waals surface area contributed by atoms with E-state index in [-0.39, 0.29) is 18.1 Å². The van der Waals surface area contributed by atoms with E-state index in [2.05, 4.69) is 20.6 Å². The zero-order valence-corrected chi connectivity index (χ0v) is 19.2. The van der Waals surface area contributed by atoms with E-state index in [1.54, 1.807) is 13.3 Å². The molecule has 0 aliphatic carbocycles. The zero-order valence-electron chi connectivity index (χ0n) is 18.4. The highest BCUT2D eigenvalue weighted by atomic mass is 32.2. The topological polar surface area (TPSA) is 94.6 Å². The molecule has 9 heteroatoms. The maximum Gasteiger partial charge on any atom is 0.235 e. The first-order chi connectivity index (χ1) is 16.2. The summed E-state index contributed by atoms with van der Waals surface area (Å²) in [5.41, 5.74) is 1.78. The van der Waals surface area contributed by atoms with Crippen LogP contribution >= 0.6 is 11.8 Å². The van der Waals surface area contributed by atoms with Gasteiger partial charge in [-0.3, -0.25) is 9.78 Å². The molecule has 5 rings (SSSR count). The largest absolute Gasteiger partial charge is 0.497 e. The fraction of sp³-hybridized carbons (Fsp3) is 0.375. The van der Waals surface area contributed by atoms with Gasteiger partial charge in [-0.15, -0.1) is 11.8 Å². The van der Waals surface area contributed by atoms with Crippen molar-refractivity contribution in [3.8, 4) is 11.5 Å². The highest BCUT2D eigenvalue weighted by Gasteiger charge is 2.23. The second-order valence-electron chi connectivity index (χ2n) is 8.10. The molecule has 2 aromatic heterocycles. The summed E-state index contributed by atoms with van der Waals surface area (Å²) in [7, 11) is 1.65. The quantitative estimate of drug-likeness (QED) is 0.547. The van der Waals surface area contributed by atoms with E-state index in [1.807, 2.05) is 36.4 Å². The molecule has 2 aliphatic heterocycles. The number of fused-ring (bicyclic) bond motifs is 2. The van der Waals surface area contributed by atoms with Crippen molar-refractivity contribution in [1.82, 2.24) is 15.3 Å². The van der Waals surface area contributed by atoms with Crippen LogP contribution in [-0.2, 0) is 16.1 Å². The number of carbonyl (C=O) groups excluding carboxylic acids is 1. The van der Waals surface area contributed by atoms with E-state index < -0.39 is 0 Å². The Morgan fingerprint density at radius 3 is 3.03 bits per heavy atom. The Labute approximate surface area is 196 Å². The van der Waals surface area contributed by atoms with Gasteiger partial charge in [0.25, 0.3) is 0 Å². The summed E-state index contributed by atoms with van der Waals surface area (Å²) in [6.07, 6.45) is 3.71. The Morgan fingerprint density at radius 1 is 1.24 bits per heavy atom. The minimum absolute atomic E-state index is 0.00190. The van der Waals surface area contributed by atoms with Crippen molar-refractivity contribution in [2.75, 3.05) is 31.4 Å². The van der Waals surface area contributed by atoms with E-state index in [0.29, 0.717) is 31.3 Å². The first-order valence-corrected chi connectivity index (χ1v) is 12.0. The van der Waals surface area contributed by atoms with E-state index in [9.17, 15) is 4.79 Å². The molecule has 2 atom stereocenters. The molecular formula is C24H26N4O4S. The maximum atomic E-state index is 11.6. The van der Waals surface area contributed by atoms with Crippen LogP contribution in [0.2, 0.25) is 0 Å². The van der Waals surface area contributed by atoms with Crippen LogP contribution in [0.4, 0.5) is 5.82 Å². The Kier molecular flexibility index (Phi) is 6.61. The zero-order chi connectivity index (χ0) is 22.6. The van der Waals surface area contributed by atoms with Gasteiger partial charge in [-0.1, -0.05) is 0 Å². The van der Waals surface area contributed by atoms with Gasteiger partial charge in [0.05, 0.1) is 41.7 Å². The van der Waals surface area contributed by atoms with Crippen molar-refractivity contribution < 1.29 is 19.0 Å². The molecule has 4 heterocycles. The molecule has 0 radical (unpaired) electrons. The SMILES string of the molecule is COc1ccc2nccc(OC[C@@H]3CC[C@@H](NCc4ccc5c(n4)NC(=O)CS5)CO3)c2c1. The summed E-state index contributed by atoms with van der Waals surface area (Å²) in [4.78, 5) is 21.6. The molecule has 3 aromatic rings. The second-order valence-corrected chi connectivity index (χ2v) is 9.12. The molecule has 2 N–H and O–H groups in total. The normalized spacial score (nSPS) is 20.2. The summed E-state index contributed by atoms with van der Waals surface area (Å²) in [5, 5.41) is 7.29. The molecule has 2 aliphatic rings. The molecule has 0 spiro atoms. The molecule has 8 nitrogen and oxygen atoms in total. The fourth-order valence-electron chi connectivity index (χ4n) is 3.99. The van der Waals surface area contributed by atoms with Gasteiger partial charge in [-0.25, -0.2) is 4.98 Å². The van der Waals surface area contributed by atoms with E-state index in [0.717, 1.165) is 45.8 Å². The minimum Gasteiger partial charge on any atom is -0.497 e. The highest BCUT2D eigenvalue weighted by molar-refractivity contribution is 8.00. The number of aromatic nitrogens is 2. The van der Waals surface area contributed by atoms with E-state index >= 15 is 0 Å². The molecule has 1 aromatic carbocycles. The Hall–Kier alpha value is -2.88. The standard InChI is InChI=1S/C24H26N4O4S/c1-30-17-5-6-20-19(10-17)21(8-9-25-20)32-13-18-4-2-16(12-31-18)26-11-15-3-7-22-24(27-15)28-23(29)14-33-22/h3,5-10,16,18,26H,2,4,11-14H2,1H3,(H,27,28,29)/t16-,18+/m1/s1. The maximum absolute atomic E-state index is 11.6. The number of benzene rings is 1. The van der Waals surface area contributed by atoms with Crippen LogP contribution in [0.5, 0.6) is 11.5 Å². The van der Waals surface area contributed by atoms with Crippen molar-refractivity contribution in [2.24, 2.45) is 0 Å². The average molecular weight is 467 g/mol. The lowest BCUT2D eigenvalue weighted by Crippen LogP contribution is -2.41. The summed E-state index contributed by atoms with van der Waals surface area (Å²) < 4.78 is 17.5. The number of anilines is 1. The van der Waals surface area contributed by atoms with E-state index in [4.69, 9.17) is 14.2 Å². The van der Waals surface area contributed by atoms with Crippen LogP contribution in [0.25, 0.3) is 10.9 Å². The van der Waals surface area contributed by atoms with Gasteiger partial charge in [0.2, 0.25) is 5.91 Å². The third kappa shape index (κ3) is 5.21. The third-order valence-electron chi connectivity index (χ3n) is 5.81. The van der Waals surface area contributed by atoms with Crippen molar-refractivity contribution in [3.05, 3.63) is 48.3 Å². The van der Waals surface area contributed by atoms with E-state index in [1.165, 1.54) is 11.8 Å². The Bertz CT molecular complexity index is 1150. The van der Waals surface area contributed by atoms with Crippen molar-refractivity contribution >= 4 is 34.4 Å². The molecule has 0 unspecified atom stereocenters. The Morgan fingerprint density at radius 2 is 2.18 bits per heavy atom. The summed E-state index contributed by atoms with van der Waals surface area (Å²) in [6.45, 7) is 1.75. The number of hydrogen-bond donors (Lipinski definition) is 2. The highest BCUT2D eigenvalue weighted by Crippen LogP contribution is 2.30. The summed E-state index contributed by atoms with van der Waals surface area (Å²) in [6, 6.07) is 11.9. The molecule has 1 saturated heterocycles. The lowest BCUT2D eigenvalue weighted by atomic mass is 10.1. The smallest absolute Gasteiger partial charge is 0.235 e. The first-order valence-electron chi connectivity index (χ1n) is 11.0. The Balaban J connectivity index is 1.11. The molecular weight excluding hydrogens is 440 g/mol. The number of nitrogens with one attached hydrogen (secondary N) is 2. The third-order valence-corrected chi connectivity index (χ3v) is 6.85. The number of carbonyl (C=O) groups is 1. The van der Waals surface area contributed by atoms with Crippen molar-refractivity contribution in [3.63, 3.8) is 0 Å². The minimum atomic E-state index is -0.00190. The first kappa shape index (κ1) is 21.9. The van der Waals surface area contributed by atoms with Gasteiger partial charge < -0.3 is 24.8 Å². The van der Waals surface area contributed by atoms with Crippen LogP contribution in [0.3, 0.4) is 0 Å². The molecule has 1 amide bonds. The average Bonchev–Trinajstić information content (AvgIpc) is 2.86. The van der Waals surface area contributed by atoms with Crippen LogP contribution in [0, 0.1) is 0 Å². The molecule has 0 saturated carbocycles. The fourth-order valence-corrected chi connectivity index (χ4v) is 4.74. The lowest BCUT2D eigenvalue weighted by Gasteiger charge is -2.29. The van der Waals surface area contributed by atoms with Gasteiger partial charge in [-0.05, 0) is 49.2 Å². The molecule has 1 fully saturated rings. The van der Waals surface area contributed by atoms with Crippen LogP contribution in [0.15, 0.2) is 47.5 Å². The predicted molar refractivity (Wildman–Crippen MR) is 127 cm³/mol. The number of rotatable bonds is 7. The number of ether oxygens (including phenoxy) is 3. The van der Waals surface area contributed by atoms with Gasteiger partial charge in [0, 0.05) is 24.2 Å². The van der Waals surface area contributed by atoms with Crippen molar-refractivity contribution in [2.45, 2.75) is 36.4 Å². The lowest BCUT2D eigenvalue weighted by molar-refractivity contribution is -0.113. The number of methoxy groups -OCH3 is 1. The number of hydrogen-bond acceptors (Lipinski definition) is 8. The summed E-state index contributed by atoms with van der Waals surface area (Å²) in [5.74, 6) is 2.67. The summed E-state index contributed by atoms with van der Waals surface area (Å²) >= 11 is 1.52. The van der Waals surface area contributed by atoms with Gasteiger partial charge in [0.15, 0.2) is 0 Å². The molecule has 172 valence electrons. The number of nitrogens with zero attached hydrogens (tertiary/aromatic N) is 2. The number of amides is 1. The van der Waals surface area contributed by atoms with Gasteiger partial charge in [0.1, 0.15) is 23.9 Å².